The Hall–Kier alpha value is -3.39. The van der Waals surface area contributed by atoms with Gasteiger partial charge in [-0.1, -0.05) is 24.3 Å². The number of nitrogens with one attached hydrogen (secondary N) is 2. The second-order valence-corrected chi connectivity index (χ2v) is 9.51. The number of aromatic amines is 1. The van der Waals surface area contributed by atoms with Crippen LogP contribution in [0.3, 0.4) is 0 Å². The van der Waals surface area contributed by atoms with Gasteiger partial charge in [0.05, 0.1) is 10.6 Å². The van der Waals surface area contributed by atoms with E-state index < -0.39 is 15.9 Å². The van der Waals surface area contributed by atoms with Crippen LogP contribution >= 0.6 is 0 Å². The number of hydrogen-bond donors (Lipinski definition) is 2. The Morgan fingerprint density at radius 2 is 1.81 bits per heavy atom. The molecular formula is C23H23N3O4S. The molecule has 0 atom stereocenters. The zero-order valence-corrected chi connectivity index (χ0v) is 18.1. The number of Topliss-reactive ketones (excluding diaryl/α,β-unsaturated/α-hetero) is 1. The number of aromatic nitrogens is 1. The maximum atomic E-state index is 13.0. The van der Waals surface area contributed by atoms with E-state index in [1.165, 1.54) is 23.5 Å². The molecular weight excluding hydrogens is 414 g/mol. The summed E-state index contributed by atoms with van der Waals surface area (Å²) in [6.07, 6.45) is 1.98. The summed E-state index contributed by atoms with van der Waals surface area (Å²) in [5, 5.41) is 2.75. The Morgan fingerprint density at radius 3 is 2.52 bits per heavy atom. The summed E-state index contributed by atoms with van der Waals surface area (Å²) >= 11 is 0. The van der Waals surface area contributed by atoms with Crippen LogP contribution < -0.4 is 9.62 Å². The standard InChI is InChI=1S/C23H23N3O4S/c1-15-21-19(12-7-13-20(21)27)25-22(15)23(28)24-16-8-6-11-18(14-16)31(29,30)26(2)17-9-4-3-5-10-17/h3-6,8-11,14,25H,7,12-13H2,1-2H3,(H,24,28). The number of amides is 1. The molecule has 0 saturated heterocycles. The molecule has 160 valence electrons. The molecule has 3 aromatic rings. The molecule has 0 saturated carbocycles. The normalized spacial score (nSPS) is 13.5. The van der Waals surface area contributed by atoms with Gasteiger partial charge in [-0.15, -0.1) is 0 Å². The third-order valence-electron chi connectivity index (χ3n) is 5.53. The number of fused-ring (bicyclic) bond motifs is 1. The van der Waals surface area contributed by atoms with E-state index in [1.807, 2.05) is 6.07 Å². The van der Waals surface area contributed by atoms with E-state index in [9.17, 15) is 18.0 Å². The predicted molar refractivity (Wildman–Crippen MR) is 119 cm³/mol. The van der Waals surface area contributed by atoms with Gasteiger partial charge < -0.3 is 10.3 Å². The fraction of sp³-hybridized carbons (Fsp3) is 0.217. The number of carbonyl (C=O) groups excluding carboxylic acids is 2. The number of rotatable bonds is 5. The molecule has 2 aromatic carbocycles. The van der Waals surface area contributed by atoms with Gasteiger partial charge in [-0.3, -0.25) is 13.9 Å². The lowest BCUT2D eigenvalue weighted by molar-refractivity contribution is 0.0971. The molecule has 1 heterocycles. The highest BCUT2D eigenvalue weighted by molar-refractivity contribution is 7.92. The number of carbonyl (C=O) groups is 2. The smallest absolute Gasteiger partial charge is 0.272 e. The predicted octanol–water partition coefficient (Wildman–Crippen LogP) is 3.92. The molecule has 31 heavy (non-hydrogen) atoms. The monoisotopic (exact) mass is 437 g/mol. The Bertz CT molecular complexity index is 1260. The first kappa shape index (κ1) is 20.9. The third-order valence-corrected chi connectivity index (χ3v) is 7.32. The van der Waals surface area contributed by atoms with Crippen molar-refractivity contribution in [3.05, 3.63) is 77.1 Å². The second-order valence-electron chi connectivity index (χ2n) is 7.55. The minimum atomic E-state index is -3.80. The van der Waals surface area contributed by atoms with Crippen LogP contribution in [0.5, 0.6) is 0 Å². The van der Waals surface area contributed by atoms with E-state index in [4.69, 9.17) is 0 Å². The van der Waals surface area contributed by atoms with E-state index in [1.54, 1.807) is 43.3 Å². The number of para-hydroxylation sites is 1. The Kier molecular flexibility index (Phi) is 5.41. The van der Waals surface area contributed by atoms with Crippen molar-refractivity contribution in [2.24, 2.45) is 0 Å². The molecule has 2 N–H and O–H groups in total. The summed E-state index contributed by atoms with van der Waals surface area (Å²) < 4.78 is 27.3. The van der Waals surface area contributed by atoms with Gasteiger partial charge in [-0.05, 0) is 55.7 Å². The van der Waals surface area contributed by atoms with Gasteiger partial charge in [0, 0.05) is 30.4 Å². The van der Waals surface area contributed by atoms with Crippen molar-refractivity contribution < 1.29 is 18.0 Å². The van der Waals surface area contributed by atoms with Crippen molar-refractivity contribution in [1.82, 2.24) is 4.98 Å². The van der Waals surface area contributed by atoms with E-state index in [2.05, 4.69) is 10.3 Å². The van der Waals surface area contributed by atoms with Gasteiger partial charge in [0.2, 0.25) is 0 Å². The molecule has 0 aliphatic heterocycles. The van der Waals surface area contributed by atoms with E-state index in [0.29, 0.717) is 34.6 Å². The number of nitrogens with zero attached hydrogens (tertiary/aromatic N) is 1. The van der Waals surface area contributed by atoms with Crippen molar-refractivity contribution in [2.45, 2.75) is 31.1 Å². The van der Waals surface area contributed by atoms with Crippen LogP contribution in [-0.4, -0.2) is 32.1 Å². The summed E-state index contributed by atoms with van der Waals surface area (Å²) in [5.74, 6) is -0.364. The van der Waals surface area contributed by atoms with Crippen LogP contribution in [0.15, 0.2) is 59.5 Å². The number of H-pyrrole nitrogens is 1. The first-order valence-corrected chi connectivity index (χ1v) is 11.4. The lowest BCUT2D eigenvalue weighted by atomic mass is 9.94. The Morgan fingerprint density at radius 1 is 1.06 bits per heavy atom. The fourth-order valence-corrected chi connectivity index (χ4v) is 5.11. The first-order chi connectivity index (χ1) is 14.8. The Balaban J connectivity index is 1.60. The van der Waals surface area contributed by atoms with Crippen LogP contribution in [0.25, 0.3) is 0 Å². The van der Waals surface area contributed by atoms with Crippen molar-refractivity contribution in [2.75, 3.05) is 16.7 Å². The van der Waals surface area contributed by atoms with Crippen molar-refractivity contribution >= 4 is 33.1 Å². The maximum Gasteiger partial charge on any atom is 0.272 e. The number of anilines is 2. The van der Waals surface area contributed by atoms with Crippen molar-refractivity contribution in [1.29, 1.82) is 0 Å². The zero-order chi connectivity index (χ0) is 22.2. The molecule has 0 unspecified atom stereocenters. The van der Waals surface area contributed by atoms with Crippen LogP contribution in [0.2, 0.25) is 0 Å². The molecule has 0 bridgehead atoms. The highest BCUT2D eigenvalue weighted by Gasteiger charge is 2.27. The lowest BCUT2D eigenvalue weighted by Gasteiger charge is -2.19. The van der Waals surface area contributed by atoms with Crippen LogP contribution in [0.1, 0.15) is 44.9 Å². The minimum absolute atomic E-state index is 0.0473. The Labute approximate surface area is 181 Å². The number of aryl methyl sites for hydroxylation is 1. The molecule has 0 radical (unpaired) electrons. The van der Waals surface area contributed by atoms with E-state index >= 15 is 0 Å². The van der Waals surface area contributed by atoms with Gasteiger partial charge in [0.25, 0.3) is 15.9 Å². The summed E-state index contributed by atoms with van der Waals surface area (Å²) in [4.78, 5) is 28.2. The van der Waals surface area contributed by atoms with Crippen LogP contribution in [-0.2, 0) is 16.4 Å². The van der Waals surface area contributed by atoms with Crippen molar-refractivity contribution in [3.63, 3.8) is 0 Å². The molecule has 1 amide bonds. The quantitative estimate of drug-likeness (QED) is 0.632. The third kappa shape index (κ3) is 3.86. The summed E-state index contributed by atoms with van der Waals surface area (Å²) in [5.41, 5.74) is 3.25. The molecule has 1 aliphatic rings. The van der Waals surface area contributed by atoms with Gasteiger partial charge in [0.1, 0.15) is 5.69 Å². The molecule has 0 fully saturated rings. The zero-order valence-electron chi connectivity index (χ0n) is 17.3. The maximum absolute atomic E-state index is 13.0. The van der Waals surface area contributed by atoms with Gasteiger partial charge >= 0.3 is 0 Å². The number of sulfonamides is 1. The minimum Gasteiger partial charge on any atom is -0.354 e. The molecule has 1 aliphatic carbocycles. The van der Waals surface area contributed by atoms with Gasteiger partial charge in [-0.2, -0.15) is 0 Å². The van der Waals surface area contributed by atoms with Gasteiger partial charge in [0.15, 0.2) is 5.78 Å². The van der Waals surface area contributed by atoms with E-state index in [0.717, 1.165) is 18.5 Å². The topological polar surface area (TPSA) is 99.3 Å². The molecule has 7 nitrogen and oxygen atoms in total. The average molecular weight is 438 g/mol. The molecule has 4 rings (SSSR count). The SMILES string of the molecule is Cc1c(C(=O)Nc2cccc(S(=O)(=O)N(C)c3ccccc3)c2)[nH]c2c1C(=O)CCC2. The number of hydrogen-bond acceptors (Lipinski definition) is 4. The highest BCUT2D eigenvalue weighted by Crippen LogP contribution is 2.28. The summed E-state index contributed by atoms with van der Waals surface area (Å²) in [7, 11) is -2.32. The van der Waals surface area contributed by atoms with E-state index in [-0.39, 0.29) is 10.7 Å². The number of benzene rings is 2. The molecule has 1 aromatic heterocycles. The molecule has 0 spiro atoms. The fourth-order valence-electron chi connectivity index (χ4n) is 3.86. The molecule has 8 heteroatoms. The average Bonchev–Trinajstić information content (AvgIpc) is 3.12. The highest BCUT2D eigenvalue weighted by atomic mass is 32.2. The summed E-state index contributed by atoms with van der Waals surface area (Å²) in [6, 6.07) is 14.9. The second kappa shape index (κ2) is 8.03. The summed E-state index contributed by atoms with van der Waals surface area (Å²) in [6.45, 7) is 1.75. The van der Waals surface area contributed by atoms with Crippen LogP contribution in [0.4, 0.5) is 11.4 Å². The largest absolute Gasteiger partial charge is 0.354 e. The van der Waals surface area contributed by atoms with Crippen LogP contribution in [0, 0.1) is 6.92 Å². The first-order valence-electron chi connectivity index (χ1n) is 9.99. The number of ketones is 1. The van der Waals surface area contributed by atoms with Gasteiger partial charge in [-0.25, -0.2) is 8.42 Å². The lowest BCUT2D eigenvalue weighted by Crippen LogP contribution is -2.26. The van der Waals surface area contributed by atoms with Crippen molar-refractivity contribution in [3.8, 4) is 0 Å².